The van der Waals surface area contributed by atoms with E-state index in [0.29, 0.717) is 5.56 Å². The van der Waals surface area contributed by atoms with Crippen LogP contribution in [0.5, 0.6) is 0 Å². The van der Waals surface area contributed by atoms with Crippen molar-refractivity contribution in [3.8, 4) is 0 Å². The van der Waals surface area contributed by atoms with Gasteiger partial charge in [-0.15, -0.1) is 0 Å². The molecule has 1 aliphatic heterocycles. The van der Waals surface area contributed by atoms with Gasteiger partial charge in [-0.2, -0.15) is 13.2 Å². The van der Waals surface area contributed by atoms with E-state index in [0.717, 1.165) is 44.5 Å². The summed E-state index contributed by atoms with van der Waals surface area (Å²) < 4.78 is 54.5. The van der Waals surface area contributed by atoms with Crippen LogP contribution >= 0.6 is 11.6 Å². The highest BCUT2D eigenvalue weighted by atomic mass is 35.5. The molecule has 1 atom stereocenters. The monoisotopic (exact) mass is 428 g/mol. The molecule has 0 aromatic heterocycles. The predicted octanol–water partition coefficient (Wildman–Crippen LogP) is 6.14. The summed E-state index contributed by atoms with van der Waals surface area (Å²) in [5.41, 5.74) is 0.738. The molecule has 2 aromatic rings. The predicted molar refractivity (Wildman–Crippen MR) is 109 cm³/mol. The lowest BCUT2D eigenvalue weighted by Crippen LogP contribution is -2.46. The summed E-state index contributed by atoms with van der Waals surface area (Å²) >= 11 is 5.71. The first-order chi connectivity index (χ1) is 13.8. The summed E-state index contributed by atoms with van der Waals surface area (Å²) in [6.07, 6.45) is -5.86. The number of benzene rings is 2. The van der Waals surface area contributed by atoms with Gasteiger partial charge in [-0.1, -0.05) is 36.7 Å². The highest BCUT2D eigenvalue weighted by Gasteiger charge is 2.33. The maximum absolute atomic E-state index is 14.9. The highest BCUT2D eigenvalue weighted by Crippen LogP contribution is 2.35. The van der Waals surface area contributed by atoms with Gasteiger partial charge in [-0.25, -0.2) is 4.39 Å². The number of nitrogens with zero attached hydrogens (tertiary/aromatic N) is 2. The zero-order valence-corrected chi connectivity index (χ0v) is 17.1. The Morgan fingerprint density at radius 2 is 1.76 bits per heavy atom. The zero-order valence-electron chi connectivity index (χ0n) is 16.4. The van der Waals surface area contributed by atoms with Crippen molar-refractivity contribution < 1.29 is 17.6 Å². The van der Waals surface area contributed by atoms with Crippen LogP contribution in [0.2, 0.25) is 5.02 Å². The second kappa shape index (κ2) is 9.35. The highest BCUT2D eigenvalue weighted by molar-refractivity contribution is 6.30. The molecule has 1 aliphatic rings. The van der Waals surface area contributed by atoms with E-state index in [1.807, 2.05) is 18.2 Å². The van der Waals surface area contributed by atoms with Crippen LogP contribution in [-0.4, -0.2) is 37.6 Å². The zero-order chi connectivity index (χ0) is 21.0. The quantitative estimate of drug-likeness (QED) is 0.509. The maximum Gasteiger partial charge on any atom is 0.416 e. The fourth-order valence-electron chi connectivity index (χ4n) is 3.72. The molecule has 29 heavy (non-hydrogen) atoms. The van der Waals surface area contributed by atoms with Gasteiger partial charge >= 0.3 is 6.18 Å². The summed E-state index contributed by atoms with van der Waals surface area (Å²) in [5.74, 6) is 0. The Morgan fingerprint density at radius 1 is 1.03 bits per heavy atom. The van der Waals surface area contributed by atoms with Gasteiger partial charge in [-0.3, -0.25) is 0 Å². The van der Waals surface area contributed by atoms with Crippen LogP contribution in [0.25, 0.3) is 0 Å². The molecular formula is C22H25ClF4N2. The number of halogens is 5. The number of aryl methyl sites for hydroxylation is 1. The molecule has 0 amide bonds. The third-order valence-electron chi connectivity index (χ3n) is 5.46. The van der Waals surface area contributed by atoms with E-state index >= 15 is 0 Å². The summed E-state index contributed by atoms with van der Waals surface area (Å²) in [5, 5.41) is 0.0220. The minimum atomic E-state index is -4.51. The number of piperazine rings is 1. The Kier molecular flexibility index (Phi) is 7.06. The lowest BCUT2D eigenvalue weighted by Gasteiger charge is -2.35. The van der Waals surface area contributed by atoms with Crippen molar-refractivity contribution in [3.05, 3.63) is 64.2 Å². The molecule has 0 aliphatic carbocycles. The van der Waals surface area contributed by atoms with Crippen LogP contribution in [0.3, 0.4) is 0 Å². The lowest BCUT2D eigenvalue weighted by atomic mass is 9.98. The Labute approximate surface area is 174 Å². The van der Waals surface area contributed by atoms with Crippen LogP contribution in [0.4, 0.5) is 23.2 Å². The van der Waals surface area contributed by atoms with E-state index in [-0.39, 0.29) is 23.4 Å². The number of rotatable bonds is 6. The fraction of sp³-hybridized carbons (Fsp3) is 0.455. The van der Waals surface area contributed by atoms with Gasteiger partial charge < -0.3 is 9.80 Å². The normalized spacial score (nSPS) is 16.8. The maximum atomic E-state index is 14.9. The van der Waals surface area contributed by atoms with E-state index in [2.05, 4.69) is 16.7 Å². The van der Waals surface area contributed by atoms with Crippen molar-refractivity contribution in [2.75, 3.05) is 37.6 Å². The number of alkyl halides is 4. The minimum absolute atomic E-state index is 0.00736. The summed E-state index contributed by atoms with van der Waals surface area (Å²) in [7, 11) is 0. The van der Waals surface area contributed by atoms with Crippen molar-refractivity contribution in [2.24, 2.45) is 0 Å². The van der Waals surface area contributed by atoms with Crippen molar-refractivity contribution in [1.82, 2.24) is 4.90 Å². The summed E-state index contributed by atoms with van der Waals surface area (Å²) in [4.78, 5) is 4.59. The standard InChI is InChI=1S/C22H25ClF4N2/c1-2-28-10-12-29(13-11-28)19-5-3-4-17(14-19)21(24)9-7-16-6-8-18(23)15-20(16)22(25,26)27/h3-6,8,14-15,21H,2,7,9-13H2,1H3/t21-/m1/s1. The first-order valence-electron chi connectivity index (χ1n) is 9.85. The third kappa shape index (κ3) is 5.64. The second-order valence-electron chi connectivity index (χ2n) is 7.32. The third-order valence-corrected chi connectivity index (χ3v) is 5.70. The molecule has 1 fully saturated rings. The van der Waals surface area contributed by atoms with Crippen LogP contribution in [0.15, 0.2) is 42.5 Å². The van der Waals surface area contributed by atoms with Crippen LogP contribution in [0, 0.1) is 0 Å². The molecule has 0 N–H and O–H groups in total. The van der Waals surface area contributed by atoms with Gasteiger partial charge in [-0.05, 0) is 54.8 Å². The largest absolute Gasteiger partial charge is 0.416 e. The number of hydrogen-bond acceptors (Lipinski definition) is 2. The van der Waals surface area contributed by atoms with Gasteiger partial charge in [0.2, 0.25) is 0 Å². The first-order valence-corrected chi connectivity index (χ1v) is 10.2. The van der Waals surface area contributed by atoms with E-state index in [9.17, 15) is 17.6 Å². The van der Waals surface area contributed by atoms with Crippen LogP contribution in [0.1, 0.15) is 36.2 Å². The molecule has 158 valence electrons. The molecule has 0 radical (unpaired) electrons. The molecule has 0 saturated carbocycles. The number of hydrogen-bond donors (Lipinski definition) is 0. The van der Waals surface area contributed by atoms with Crippen molar-refractivity contribution >= 4 is 17.3 Å². The number of anilines is 1. The molecular weight excluding hydrogens is 404 g/mol. The fourth-order valence-corrected chi connectivity index (χ4v) is 3.89. The van der Waals surface area contributed by atoms with E-state index in [1.165, 1.54) is 12.1 Å². The molecule has 3 rings (SSSR count). The van der Waals surface area contributed by atoms with Gasteiger partial charge in [0.05, 0.1) is 5.56 Å². The molecule has 7 heteroatoms. The minimum Gasteiger partial charge on any atom is -0.369 e. The topological polar surface area (TPSA) is 6.48 Å². The van der Waals surface area contributed by atoms with Crippen molar-refractivity contribution in [3.63, 3.8) is 0 Å². The van der Waals surface area contributed by atoms with E-state index < -0.39 is 17.9 Å². The Balaban J connectivity index is 1.67. The van der Waals surface area contributed by atoms with Crippen molar-refractivity contribution in [1.29, 1.82) is 0 Å². The first kappa shape index (κ1) is 21.9. The Bertz CT molecular complexity index is 817. The van der Waals surface area contributed by atoms with Gasteiger partial charge in [0.25, 0.3) is 0 Å². The van der Waals surface area contributed by atoms with Gasteiger partial charge in [0.15, 0.2) is 0 Å². The molecule has 1 saturated heterocycles. The molecule has 1 heterocycles. The average Bonchev–Trinajstić information content (AvgIpc) is 2.72. The molecule has 0 spiro atoms. The Hall–Kier alpha value is -1.79. The van der Waals surface area contributed by atoms with Gasteiger partial charge in [0.1, 0.15) is 6.17 Å². The number of likely N-dealkylation sites (N-methyl/N-ethyl adjacent to an activating group) is 1. The second-order valence-corrected chi connectivity index (χ2v) is 7.76. The summed E-state index contributed by atoms with van der Waals surface area (Å²) in [6, 6.07) is 10.9. The average molecular weight is 429 g/mol. The van der Waals surface area contributed by atoms with E-state index in [1.54, 1.807) is 6.07 Å². The van der Waals surface area contributed by atoms with Crippen molar-refractivity contribution in [2.45, 2.75) is 32.1 Å². The molecule has 2 nitrogen and oxygen atoms in total. The smallest absolute Gasteiger partial charge is 0.369 e. The molecule has 2 aromatic carbocycles. The SMILES string of the molecule is CCN1CCN(c2cccc([C@H](F)CCc3ccc(Cl)cc3C(F)(F)F)c2)CC1. The Morgan fingerprint density at radius 3 is 2.41 bits per heavy atom. The van der Waals surface area contributed by atoms with Crippen LogP contribution in [-0.2, 0) is 12.6 Å². The molecule has 0 unspecified atom stereocenters. The van der Waals surface area contributed by atoms with E-state index in [4.69, 9.17) is 11.6 Å². The van der Waals surface area contributed by atoms with Gasteiger partial charge in [0, 0.05) is 36.9 Å². The summed E-state index contributed by atoms with van der Waals surface area (Å²) in [6.45, 7) is 6.86. The van der Waals surface area contributed by atoms with Crippen LogP contribution < -0.4 is 4.90 Å². The molecule has 0 bridgehead atoms. The lowest BCUT2D eigenvalue weighted by molar-refractivity contribution is -0.138.